The minimum absolute atomic E-state index is 0.0876. The number of carbonyl (C=O) groups excluding carboxylic acids is 1. The normalized spacial score (nSPS) is 11.5. The maximum absolute atomic E-state index is 12.2. The minimum atomic E-state index is -0.403. The summed E-state index contributed by atoms with van der Waals surface area (Å²) >= 11 is 11.7. The van der Waals surface area contributed by atoms with Gasteiger partial charge in [0.05, 0.1) is 22.7 Å². The van der Waals surface area contributed by atoms with Crippen LogP contribution < -0.4 is 5.32 Å². The molecule has 0 saturated carbocycles. The zero-order chi connectivity index (χ0) is 15.4. The van der Waals surface area contributed by atoms with E-state index >= 15 is 0 Å². The minimum Gasteiger partial charge on any atom is -0.344 e. The first-order chi connectivity index (χ1) is 10.0. The summed E-state index contributed by atoms with van der Waals surface area (Å²) in [4.78, 5) is 16.1. The molecule has 21 heavy (non-hydrogen) atoms. The Labute approximate surface area is 132 Å². The van der Waals surface area contributed by atoms with Crippen LogP contribution in [0.5, 0.6) is 0 Å². The number of hydrogen-bond donors (Lipinski definition) is 1. The van der Waals surface area contributed by atoms with Gasteiger partial charge < -0.3 is 5.32 Å². The monoisotopic (exact) mass is 319 g/mol. The van der Waals surface area contributed by atoms with Crippen molar-refractivity contribution in [2.45, 2.75) is 13.0 Å². The van der Waals surface area contributed by atoms with E-state index in [1.54, 1.807) is 24.3 Å². The highest BCUT2D eigenvalue weighted by Crippen LogP contribution is 2.19. The second-order valence-corrected chi connectivity index (χ2v) is 5.19. The molecule has 1 unspecified atom stereocenters. The third-order valence-electron chi connectivity index (χ3n) is 2.91. The summed E-state index contributed by atoms with van der Waals surface area (Å²) in [6, 6.07) is 11.8. The van der Waals surface area contributed by atoms with Crippen molar-refractivity contribution in [1.29, 1.82) is 5.26 Å². The molecule has 0 bridgehead atoms. The van der Waals surface area contributed by atoms with E-state index < -0.39 is 5.91 Å². The lowest BCUT2D eigenvalue weighted by Crippen LogP contribution is -2.27. The number of amides is 1. The number of nitriles is 1. The van der Waals surface area contributed by atoms with Crippen molar-refractivity contribution in [3.63, 3.8) is 0 Å². The average Bonchev–Trinajstić information content (AvgIpc) is 2.49. The second kappa shape index (κ2) is 6.57. The molecule has 0 aliphatic heterocycles. The highest BCUT2D eigenvalue weighted by Gasteiger charge is 2.16. The average molecular weight is 320 g/mol. The van der Waals surface area contributed by atoms with E-state index in [9.17, 15) is 4.79 Å². The van der Waals surface area contributed by atoms with Crippen molar-refractivity contribution in [1.82, 2.24) is 10.3 Å². The van der Waals surface area contributed by atoms with E-state index in [1.165, 1.54) is 12.1 Å². The van der Waals surface area contributed by atoms with Crippen LogP contribution in [-0.4, -0.2) is 10.9 Å². The summed E-state index contributed by atoms with van der Waals surface area (Å²) in [5, 5.41) is 12.0. The maximum atomic E-state index is 12.2. The first kappa shape index (κ1) is 15.3. The Morgan fingerprint density at radius 2 is 1.90 bits per heavy atom. The molecule has 2 rings (SSSR count). The summed E-state index contributed by atoms with van der Waals surface area (Å²) in [7, 11) is 0. The highest BCUT2D eigenvalue weighted by atomic mass is 35.5. The van der Waals surface area contributed by atoms with Crippen molar-refractivity contribution in [3.05, 3.63) is 63.4 Å². The summed E-state index contributed by atoms with van der Waals surface area (Å²) < 4.78 is 0. The number of nitrogens with one attached hydrogen (secondary N) is 1. The van der Waals surface area contributed by atoms with E-state index in [0.29, 0.717) is 5.56 Å². The molecular formula is C15H11Cl2N3O. The van der Waals surface area contributed by atoms with Crippen molar-refractivity contribution in [2.24, 2.45) is 0 Å². The topological polar surface area (TPSA) is 65.8 Å². The molecule has 4 nitrogen and oxygen atoms in total. The Morgan fingerprint density at radius 1 is 1.24 bits per heavy atom. The van der Waals surface area contributed by atoms with Crippen LogP contribution >= 0.6 is 23.2 Å². The van der Waals surface area contributed by atoms with Gasteiger partial charge in [0.15, 0.2) is 0 Å². The van der Waals surface area contributed by atoms with E-state index in [1.807, 2.05) is 13.0 Å². The van der Waals surface area contributed by atoms with Gasteiger partial charge in [-0.1, -0.05) is 35.3 Å². The van der Waals surface area contributed by atoms with E-state index in [0.717, 1.165) is 5.56 Å². The van der Waals surface area contributed by atoms with Crippen LogP contribution in [0.1, 0.15) is 34.6 Å². The molecule has 1 aromatic carbocycles. The van der Waals surface area contributed by atoms with Crippen molar-refractivity contribution >= 4 is 29.1 Å². The highest BCUT2D eigenvalue weighted by molar-refractivity contribution is 6.34. The zero-order valence-corrected chi connectivity index (χ0v) is 12.6. The lowest BCUT2D eigenvalue weighted by atomic mass is 10.1. The Hall–Kier alpha value is -2.09. The molecule has 0 spiro atoms. The van der Waals surface area contributed by atoms with Crippen LogP contribution in [0.25, 0.3) is 0 Å². The van der Waals surface area contributed by atoms with E-state index in [4.69, 9.17) is 28.5 Å². The van der Waals surface area contributed by atoms with Crippen LogP contribution in [0.2, 0.25) is 10.2 Å². The molecule has 1 amide bonds. The van der Waals surface area contributed by atoms with Crippen LogP contribution in [0.3, 0.4) is 0 Å². The van der Waals surface area contributed by atoms with Gasteiger partial charge in [-0.2, -0.15) is 5.26 Å². The summed E-state index contributed by atoms with van der Waals surface area (Å²) in [5.74, 6) is -0.403. The number of rotatable bonds is 3. The predicted molar refractivity (Wildman–Crippen MR) is 81.3 cm³/mol. The first-order valence-electron chi connectivity index (χ1n) is 6.14. The fourth-order valence-corrected chi connectivity index (χ4v) is 2.11. The Bertz CT molecular complexity index is 708. The number of halogens is 2. The lowest BCUT2D eigenvalue weighted by Gasteiger charge is -2.14. The third kappa shape index (κ3) is 3.72. The van der Waals surface area contributed by atoms with Crippen LogP contribution in [-0.2, 0) is 0 Å². The molecule has 1 atom stereocenters. The van der Waals surface area contributed by atoms with Crippen molar-refractivity contribution < 1.29 is 4.79 Å². The zero-order valence-electron chi connectivity index (χ0n) is 11.1. The number of carbonyl (C=O) groups is 1. The third-order valence-corrected chi connectivity index (χ3v) is 3.43. The smallest absolute Gasteiger partial charge is 0.271 e. The molecule has 1 heterocycles. The summed E-state index contributed by atoms with van der Waals surface area (Å²) in [5.41, 5.74) is 1.53. The molecule has 0 aliphatic rings. The molecule has 1 N–H and O–H groups in total. The van der Waals surface area contributed by atoms with E-state index in [-0.39, 0.29) is 21.9 Å². The van der Waals surface area contributed by atoms with Gasteiger partial charge in [0.25, 0.3) is 5.91 Å². The second-order valence-electron chi connectivity index (χ2n) is 4.39. The molecule has 1 aromatic heterocycles. The predicted octanol–water partition coefficient (Wildman–Crippen LogP) is 3.75. The van der Waals surface area contributed by atoms with Crippen molar-refractivity contribution in [3.8, 4) is 6.07 Å². The molecule has 2 aromatic rings. The Kier molecular flexibility index (Phi) is 4.79. The molecule has 0 fully saturated rings. The SMILES string of the molecule is CC(NC(=O)c1nc(Cl)ccc1Cl)c1ccc(C#N)cc1. The van der Waals surface area contributed by atoms with Gasteiger partial charge in [0.1, 0.15) is 10.8 Å². The summed E-state index contributed by atoms with van der Waals surface area (Å²) in [6.07, 6.45) is 0. The van der Waals surface area contributed by atoms with Gasteiger partial charge in [0, 0.05) is 0 Å². The number of pyridine rings is 1. The Balaban J connectivity index is 2.14. The molecule has 0 radical (unpaired) electrons. The fraction of sp³-hybridized carbons (Fsp3) is 0.133. The van der Waals surface area contributed by atoms with Crippen LogP contribution in [0, 0.1) is 11.3 Å². The summed E-state index contributed by atoms with van der Waals surface area (Å²) in [6.45, 7) is 1.83. The quantitative estimate of drug-likeness (QED) is 0.876. The van der Waals surface area contributed by atoms with Crippen LogP contribution in [0.15, 0.2) is 36.4 Å². The van der Waals surface area contributed by atoms with Gasteiger partial charge in [-0.3, -0.25) is 4.79 Å². The van der Waals surface area contributed by atoms with Crippen LogP contribution in [0.4, 0.5) is 0 Å². The molecule has 106 valence electrons. The molecule has 0 aliphatic carbocycles. The van der Waals surface area contributed by atoms with Gasteiger partial charge in [-0.05, 0) is 36.8 Å². The van der Waals surface area contributed by atoms with Gasteiger partial charge in [-0.25, -0.2) is 4.98 Å². The standard InChI is InChI=1S/C15H11Cl2N3O/c1-9(11-4-2-10(8-18)3-5-11)19-15(21)14-12(16)6-7-13(17)20-14/h2-7,9H,1H3,(H,19,21). The number of benzene rings is 1. The van der Waals surface area contributed by atoms with Crippen molar-refractivity contribution in [2.75, 3.05) is 0 Å². The number of aromatic nitrogens is 1. The first-order valence-corrected chi connectivity index (χ1v) is 6.90. The fourth-order valence-electron chi connectivity index (χ4n) is 1.77. The van der Waals surface area contributed by atoms with E-state index in [2.05, 4.69) is 10.3 Å². The molecule has 0 saturated heterocycles. The van der Waals surface area contributed by atoms with Gasteiger partial charge in [-0.15, -0.1) is 0 Å². The van der Waals surface area contributed by atoms with Gasteiger partial charge >= 0.3 is 0 Å². The number of nitrogens with zero attached hydrogens (tertiary/aromatic N) is 2. The van der Waals surface area contributed by atoms with Gasteiger partial charge in [0.2, 0.25) is 0 Å². The number of hydrogen-bond acceptors (Lipinski definition) is 3. The Morgan fingerprint density at radius 3 is 2.52 bits per heavy atom. The molecular weight excluding hydrogens is 309 g/mol. The largest absolute Gasteiger partial charge is 0.344 e. The maximum Gasteiger partial charge on any atom is 0.271 e. The molecule has 6 heteroatoms. The lowest BCUT2D eigenvalue weighted by molar-refractivity contribution is 0.0935.